The number of fused-ring (bicyclic) bond motifs is 1. The lowest BCUT2D eigenvalue weighted by Crippen LogP contribution is -2.23. The van der Waals surface area contributed by atoms with Gasteiger partial charge >= 0.3 is 0 Å². The number of rotatable bonds is 1. The van der Waals surface area contributed by atoms with Crippen LogP contribution >= 0.6 is 0 Å². The Hall–Kier alpha value is -1.61. The van der Waals surface area contributed by atoms with Crippen LogP contribution in [0, 0.1) is 6.92 Å². The summed E-state index contributed by atoms with van der Waals surface area (Å²) >= 11 is 0. The molecular formula is C13H14N2O. The summed E-state index contributed by atoms with van der Waals surface area (Å²) in [7, 11) is 0. The number of nitrogens with one attached hydrogen (secondary N) is 1. The number of hydrogen-bond donors (Lipinski definition) is 1. The fourth-order valence-corrected chi connectivity index (χ4v) is 2.18. The van der Waals surface area contributed by atoms with Crippen LogP contribution in [-0.2, 0) is 13.0 Å². The number of aryl methyl sites for hydroxylation is 1. The normalized spacial score (nSPS) is 14.8. The lowest BCUT2D eigenvalue weighted by atomic mass is 10.00. The lowest BCUT2D eigenvalue weighted by Gasteiger charge is -2.11. The minimum atomic E-state index is 0.864. The van der Waals surface area contributed by atoms with E-state index < -0.39 is 0 Å². The van der Waals surface area contributed by atoms with Gasteiger partial charge in [-0.2, -0.15) is 0 Å². The van der Waals surface area contributed by atoms with Crippen molar-refractivity contribution in [1.29, 1.82) is 0 Å². The van der Waals surface area contributed by atoms with E-state index in [1.165, 1.54) is 11.1 Å². The molecule has 82 valence electrons. The Morgan fingerprint density at radius 3 is 3.06 bits per heavy atom. The van der Waals surface area contributed by atoms with Gasteiger partial charge in [0.1, 0.15) is 0 Å². The first kappa shape index (κ1) is 9.60. The molecule has 0 saturated carbocycles. The van der Waals surface area contributed by atoms with Crippen LogP contribution in [0.5, 0.6) is 0 Å². The molecule has 16 heavy (non-hydrogen) atoms. The molecule has 3 nitrogen and oxygen atoms in total. The number of hydrogen-bond acceptors (Lipinski definition) is 3. The summed E-state index contributed by atoms with van der Waals surface area (Å²) in [6.45, 7) is 3.95. The van der Waals surface area contributed by atoms with Crippen molar-refractivity contribution >= 4 is 0 Å². The van der Waals surface area contributed by atoms with Gasteiger partial charge < -0.3 is 9.84 Å². The highest BCUT2D eigenvalue weighted by Crippen LogP contribution is 2.30. The highest BCUT2D eigenvalue weighted by Gasteiger charge is 2.20. The molecule has 0 bridgehead atoms. The molecular weight excluding hydrogens is 200 g/mol. The van der Waals surface area contributed by atoms with Gasteiger partial charge in [0.25, 0.3) is 0 Å². The molecule has 3 heteroatoms. The zero-order chi connectivity index (χ0) is 11.0. The second-order valence-corrected chi connectivity index (χ2v) is 4.18. The average Bonchev–Trinajstić information content (AvgIpc) is 2.74. The molecule has 2 aromatic rings. The van der Waals surface area contributed by atoms with Gasteiger partial charge in [0.05, 0.1) is 5.69 Å². The summed E-state index contributed by atoms with van der Waals surface area (Å²) in [5.41, 5.74) is 4.71. The monoisotopic (exact) mass is 214 g/mol. The van der Waals surface area contributed by atoms with Gasteiger partial charge in [-0.25, -0.2) is 0 Å². The smallest absolute Gasteiger partial charge is 0.171 e. The molecule has 1 aliphatic heterocycles. The van der Waals surface area contributed by atoms with Gasteiger partial charge in [0.15, 0.2) is 5.76 Å². The molecule has 0 amide bonds. The lowest BCUT2D eigenvalue weighted by molar-refractivity contribution is 0.423. The molecule has 1 N–H and O–H groups in total. The Morgan fingerprint density at radius 1 is 1.31 bits per heavy atom. The molecule has 0 atom stereocenters. The summed E-state index contributed by atoms with van der Waals surface area (Å²) in [6, 6.07) is 8.26. The van der Waals surface area contributed by atoms with E-state index in [-0.39, 0.29) is 0 Å². The van der Waals surface area contributed by atoms with Crippen LogP contribution in [0.15, 0.2) is 28.8 Å². The third-order valence-corrected chi connectivity index (χ3v) is 3.10. The van der Waals surface area contributed by atoms with E-state index in [1.807, 2.05) is 12.1 Å². The second-order valence-electron chi connectivity index (χ2n) is 4.18. The largest absolute Gasteiger partial charge is 0.356 e. The summed E-state index contributed by atoms with van der Waals surface area (Å²) in [4.78, 5) is 0. The molecule has 0 saturated heterocycles. The predicted molar refractivity (Wildman–Crippen MR) is 62.1 cm³/mol. The molecule has 1 aromatic carbocycles. The zero-order valence-corrected chi connectivity index (χ0v) is 9.29. The molecule has 3 rings (SSSR count). The summed E-state index contributed by atoms with van der Waals surface area (Å²) in [5.74, 6) is 0.931. The Kier molecular flexibility index (Phi) is 2.26. The quantitative estimate of drug-likeness (QED) is 0.791. The maximum Gasteiger partial charge on any atom is 0.171 e. The number of benzene rings is 1. The van der Waals surface area contributed by atoms with Gasteiger partial charge in [0, 0.05) is 30.6 Å². The Labute approximate surface area is 94.5 Å². The van der Waals surface area contributed by atoms with Gasteiger partial charge in [-0.1, -0.05) is 29.4 Å². The molecule has 0 spiro atoms. The standard InChI is InChI=1S/C13H14N2O/c1-9-4-2-3-5-10(9)13-11-8-14-7-6-12(11)15-16-13/h2-5,14H,6-8H2,1H3. The molecule has 0 radical (unpaired) electrons. The van der Waals surface area contributed by atoms with Crippen molar-refractivity contribution < 1.29 is 4.52 Å². The van der Waals surface area contributed by atoms with Crippen LogP contribution in [-0.4, -0.2) is 11.7 Å². The van der Waals surface area contributed by atoms with Gasteiger partial charge in [0.2, 0.25) is 0 Å². The second kappa shape index (κ2) is 3.76. The summed E-state index contributed by atoms with van der Waals surface area (Å²) in [5, 5.41) is 7.52. The summed E-state index contributed by atoms with van der Waals surface area (Å²) in [6.07, 6.45) is 0.963. The zero-order valence-electron chi connectivity index (χ0n) is 9.29. The minimum absolute atomic E-state index is 0.864. The molecule has 0 unspecified atom stereocenters. The van der Waals surface area contributed by atoms with Gasteiger partial charge in [-0.05, 0) is 12.5 Å². The van der Waals surface area contributed by atoms with Crippen molar-refractivity contribution in [2.24, 2.45) is 0 Å². The molecule has 1 aliphatic rings. The van der Waals surface area contributed by atoms with Crippen molar-refractivity contribution in [2.45, 2.75) is 19.9 Å². The van der Waals surface area contributed by atoms with E-state index in [0.29, 0.717) is 0 Å². The molecule has 0 aliphatic carbocycles. The van der Waals surface area contributed by atoms with Crippen LogP contribution in [0.25, 0.3) is 11.3 Å². The molecule has 0 fully saturated rings. The topological polar surface area (TPSA) is 38.1 Å². The van der Waals surface area contributed by atoms with E-state index in [2.05, 4.69) is 29.5 Å². The van der Waals surface area contributed by atoms with Crippen molar-refractivity contribution in [3.05, 3.63) is 41.1 Å². The van der Waals surface area contributed by atoms with E-state index in [0.717, 1.165) is 36.5 Å². The Morgan fingerprint density at radius 2 is 2.19 bits per heavy atom. The van der Waals surface area contributed by atoms with Crippen LogP contribution < -0.4 is 5.32 Å². The third kappa shape index (κ3) is 1.44. The number of nitrogens with zero attached hydrogens (tertiary/aromatic N) is 1. The average molecular weight is 214 g/mol. The fourth-order valence-electron chi connectivity index (χ4n) is 2.18. The van der Waals surface area contributed by atoms with Gasteiger partial charge in [-0.15, -0.1) is 0 Å². The van der Waals surface area contributed by atoms with Crippen molar-refractivity contribution in [3.8, 4) is 11.3 Å². The first-order valence-electron chi connectivity index (χ1n) is 5.60. The molecule has 1 aromatic heterocycles. The van der Waals surface area contributed by atoms with E-state index >= 15 is 0 Å². The van der Waals surface area contributed by atoms with E-state index in [4.69, 9.17) is 4.52 Å². The maximum atomic E-state index is 5.49. The van der Waals surface area contributed by atoms with E-state index in [1.54, 1.807) is 0 Å². The van der Waals surface area contributed by atoms with Gasteiger partial charge in [-0.3, -0.25) is 0 Å². The first-order chi connectivity index (χ1) is 7.86. The third-order valence-electron chi connectivity index (χ3n) is 3.10. The predicted octanol–water partition coefficient (Wildman–Crippen LogP) is 2.30. The molecule has 2 heterocycles. The SMILES string of the molecule is Cc1ccccc1-c1onc2c1CNCC2. The summed E-state index contributed by atoms with van der Waals surface area (Å²) < 4.78 is 5.49. The van der Waals surface area contributed by atoms with E-state index in [9.17, 15) is 0 Å². The van der Waals surface area contributed by atoms with Crippen molar-refractivity contribution in [3.63, 3.8) is 0 Å². The van der Waals surface area contributed by atoms with Crippen molar-refractivity contribution in [1.82, 2.24) is 10.5 Å². The first-order valence-corrected chi connectivity index (χ1v) is 5.60. The highest BCUT2D eigenvalue weighted by molar-refractivity contribution is 5.65. The van der Waals surface area contributed by atoms with Crippen LogP contribution in [0.4, 0.5) is 0 Å². The van der Waals surface area contributed by atoms with Crippen molar-refractivity contribution in [2.75, 3.05) is 6.54 Å². The highest BCUT2D eigenvalue weighted by atomic mass is 16.5. The fraction of sp³-hybridized carbons (Fsp3) is 0.308. The van der Waals surface area contributed by atoms with Crippen LogP contribution in [0.3, 0.4) is 0 Å². The van der Waals surface area contributed by atoms with Crippen LogP contribution in [0.2, 0.25) is 0 Å². The Bertz CT molecular complexity index is 516. The Balaban J connectivity index is 2.13. The minimum Gasteiger partial charge on any atom is -0.356 e. The van der Waals surface area contributed by atoms with Crippen LogP contribution in [0.1, 0.15) is 16.8 Å². The maximum absolute atomic E-state index is 5.49. The number of aromatic nitrogens is 1.